The predicted molar refractivity (Wildman–Crippen MR) is 282 cm³/mol. The van der Waals surface area contributed by atoms with Crippen LogP contribution in [0.5, 0.6) is 0 Å². The fourth-order valence-electron chi connectivity index (χ4n) is 12.5. The van der Waals surface area contributed by atoms with E-state index in [1.807, 2.05) is 107 Å². The molecule has 3 aromatic rings. The number of nitrogens with zero attached hydrogens (tertiary/aromatic N) is 2. The van der Waals surface area contributed by atoms with Gasteiger partial charge >= 0.3 is 23.9 Å². The fraction of sp³-hybridized carbons (Fsp3) is 0.600. The number of carbonyl (C=O) groups excluding carboxylic acids is 4. The summed E-state index contributed by atoms with van der Waals surface area (Å²) in [5, 5.41) is 0. The fourth-order valence-corrected chi connectivity index (χ4v) is 12.5. The summed E-state index contributed by atoms with van der Waals surface area (Å²) in [6, 6.07) is 8.26. The van der Waals surface area contributed by atoms with Crippen molar-refractivity contribution < 1.29 is 38.1 Å². The van der Waals surface area contributed by atoms with Gasteiger partial charge in [-0.2, -0.15) is 0 Å². The van der Waals surface area contributed by atoms with E-state index in [9.17, 15) is 19.2 Å². The molecule has 4 saturated carbocycles. The lowest BCUT2D eigenvalue weighted by Crippen LogP contribution is -2.26. The molecule has 0 spiro atoms. The van der Waals surface area contributed by atoms with Crippen molar-refractivity contribution in [2.75, 3.05) is 0 Å². The van der Waals surface area contributed by atoms with E-state index in [1.54, 1.807) is 0 Å². The van der Waals surface area contributed by atoms with Gasteiger partial charge in [-0.05, 0) is 153 Å². The topological polar surface area (TPSA) is 163 Å². The van der Waals surface area contributed by atoms with Gasteiger partial charge in [0.1, 0.15) is 22.4 Å². The zero-order chi connectivity index (χ0) is 53.2. The average Bonchev–Trinajstić information content (AvgIpc) is 3.83. The van der Waals surface area contributed by atoms with E-state index >= 15 is 0 Å². The zero-order valence-electron chi connectivity index (χ0n) is 46.4. The minimum absolute atomic E-state index is 0.251. The molecule has 5 heterocycles. The molecule has 9 rings (SSSR count). The lowest BCUT2D eigenvalue weighted by molar-refractivity contribution is -0.158. The molecular formula is C60H78N4O8. The monoisotopic (exact) mass is 983 g/mol. The van der Waals surface area contributed by atoms with Crippen molar-refractivity contribution in [1.82, 2.24) is 19.9 Å². The maximum atomic E-state index is 14.2. The number of fused-ring (bicyclic) bond motifs is 8. The van der Waals surface area contributed by atoms with Crippen molar-refractivity contribution >= 4 is 70.2 Å². The Labute approximate surface area is 425 Å². The Kier molecular flexibility index (Phi) is 11.4. The number of esters is 4. The number of hydrogen-bond acceptors (Lipinski definition) is 10. The van der Waals surface area contributed by atoms with Crippen molar-refractivity contribution in [3.63, 3.8) is 0 Å². The van der Waals surface area contributed by atoms with Crippen LogP contribution in [0.15, 0.2) is 24.3 Å². The van der Waals surface area contributed by atoms with Crippen molar-refractivity contribution in [3.05, 3.63) is 69.3 Å². The van der Waals surface area contributed by atoms with E-state index in [2.05, 4.69) is 89.6 Å². The summed E-state index contributed by atoms with van der Waals surface area (Å²) in [5.41, 5.74) is 4.78. The highest BCUT2D eigenvalue weighted by Crippen LogP contribution is 2.70. The Bertz CT molecular complexity index is 2910. The van der Waals surface area contributed by atoms with E-state index in [0.29, 0.717) is 22.8 Å². The molecule has 12 heteroatoms. The third-order valence-corrected chi connectivity index (χ3v) is 16.1. The first kappa shape index (κ1) is 51.4. The van der Waals surface area contributed by atoms with Crippen molar-refractivity contribution in [2.24, 2.45) is 45.3 Å². The lowest BCUT2D eigenvalue weighted by Gasteiger charge is -2.20. The quantitative estimate of drug-likeness (QED) is 0.113. The number of ether oxygens (including phenoxy) is 4. The standard InChI is InChI=1S/C60H78N4O8/c1-53(2,3)69-49(65)45-41(57(45,13)14)37-29-21-23-31(61-29)38(42-46(58(42,15)16)50(66)70-54(4,5)6)33-25-27-35(63-33)40(44-48(60(44,19)20)52(68)72-56(10,11)12)36-28-26-34(64-36)39(32-24-22-30(37)62-32)43-47(59(43,17)18)51(67)71-55(7,8)9/h21-28,41-48,61-62H,1-20H3/t41-,42-,43-,44-,45-,46-,47-,48-/m0/s1. The first-order valence-corrected chi connectivity index (χ1v) is 25.9. The van der Waals surface area contributed by atoms with Gasteiger partial charge in [-0.3, -0.25) is 19.2 Å². The third-order valence-electron chi connectivity index (χ3n) is 16.1. The number of aromatic nitrogens is 4. The highest BCUT2D eigenvalue weighted by atomic mass is 16.6. The second-order valence-electron chi connectivity index (χ2n) is 27.9. The van der Waals surface area contributed by atoms with Crippen LogP contribution >= 0.6 is 0 Å². The molecule has 4 aliphatic carbocycles. The third kappa shape index (κ3) is 8.94. The molecule has 0 unspecified atom stereocenters. The summed E-state index contributed by atoms with van der Waals surface area (Å²) >= 11 is 0. The maximum Gasteiger partial charge on any atom is 0.310 e. The molecule has 386 valence electrons. The smallest absolute Gasteiger partial charge is 0.310 e. The van der Waals surface area contributed by atoms with Crippen molar-refractivity contribution in [1.29, 1.82) is 0 Å². The summed E-state index contributed by atoms with van der Waals surface area (Å²) < 4.78 is 24.3. The molecule has 2 N–H and O–H groups in total. The number of aromatic amines is 2. The molecule has 6 aliphatic rings. The summed E-state index contributed by atoms with van der Waals surface area (Å²) in [7, 11) is 0. The molecule has 8 atom stereocenters. The summed E-state index contributed by atoms with van der Waals surface area (Å²) in [6.45, 7) is 39.5. The number of H-pyrrole nitrogens is 2. The van der Waals surface area contributed by atoms with Gasteiger partial charge in [0.15, 0.2) is 0 Å². The van der Waals surface area contributed by atoms with E-state index in [4.69, 9.17) is 28.9 Å². The van der Waals surface area contributed by atoms with Gasteiger partial charge in [0.05, 0.1) is 46.4 Å². The molecular weight excluding hydrogens is 905 g/mol. The number of carbonyl (C=O) groups is 4. The van der Waals surface area contributed by atoms with Gasteiger partial charge in [0.2, 0.25) is 0 Å². The SMILES string of the molecule is CC(C)(C)OC(=O)[C@@H]1[C@H](c2c3nc(c([C@H]4[C@@H](C(=O)OC(C)(C)C)C4(C)C)c4ccc([nH]4)c([C@H]4[C@@H](C(=O)OC(C)(C)C)C4(C)C)c4ccc([nH]4)c([C@H]4[C@@H](C(=O)OC(C)(C)C)C4(C)C)c4nc2C=C4)C=C3)C1(C)C. The van der Waals surface area contributed by atoms with E-state index in [-0.39, 0.29) is 47.5 Å². The van der Waals surface area contributed by atoms with Gasteiger partial charge < -0.3 is 28.9 Å². The first-order chi connectivity index (χ1) is 32.9. The summed E-state index contributed by atoms with van der Waals surface area (Å²) in [6.07, 6.45) is 8.06. The Balaban J connectivity index is 1.37. The van der Waals surface area contributed by atoms with Crippen LogP contribution in [-0.2, 0) is 38.1 Å². The maximum absolute atomic E-state index is 14.2. The van der Waals surface area contributed by atoms with Gasteiger partial charge in [-0.25, -0.2) is 9.97 Å². The van der Waals surface area contributed by atoms with Crippen LogP contribution < -0.4 is 0 Å². The van der Waals surface area contributed by atoms with Crippen LogP contribution in [0.3, 0.4) is 0 Å². The van der Waals surface area contributed by atoms with Crippen molar-refractivity contribution in [2.45, 2.75) is 185 Å². The second kappa shape index (κ2) is 16.0. The molecule has 2 aliphatic heterocycles. The highest BCUT2D eigenvalue weighted by Gasteiger charge is 2.68. The summed E-state index contributed by atoms with van der Waals surface area (Å²) in [5.74, 6) is -3.96. The van der Waals surface area contributed by atoms with E-state index < -0.39 is 67.7 Å². The second-order valence-corrected chi connectivity index (χ2v) is 27.9. The van der Waals surface area contributed by atoms with Gasteiger partial charge in [0, 0.05) is 68.0 Å². The minimum atomic E-state index is -0.687. The van der Waals surface area contributed by atoms with Crippen molar-refractivity contribution in [3.8, 4) is 0 Å². The average molecular weight is 983 g/mol. The molecule has 4 fully saturated rings. The molecule has 8 bridgehead atoms. The van der Waals surface area contributed by atoms with Crippen LogP contribution in [-0.4, -0.2) is 66.2 Å². The number of hydrogen-bond donors (Lipinski definition) is 2. The lowest BCUT2D eigenvalue weighted by atomic mass is 10.00. The molecule has 0 radical (unpaired) electrons. The van der Waals surface area contributed by atoms with E-state index in [1.165, 1.54) is 0 Å². The van der Waals surface area contributed by atoms with Crippen LogP contribution in [0.4, 0.5) is 0 Å². The van der Waals surface area contributed by atoms with Gasteiger partial charge in [-0.1, -0.05) is 55.4 Å². The largest absolute Gasteiger partial charge is 0.460 e. The molecule has 72 heavy (non-hydrogen) atoms. The Morgan fingerprint density at radius 1 is 0.375 bits per heavy atom. The number of rotatable bonds is 8. The first-order valence-electron chi connectivity index (χ1n) is 25.9. The normalized spacial score (nSPS) is 27.2. The Hall–Kier alpha value is -5.52. The molecule has 0 aromatic carbocycles. The minimum Gasteiger partial charge on any atom is -0.460 e. The molecule has 0 saturated heterocycles. The number of nitrogens with one attached hydrogen (secondary N) is 2. The van der Waals surface area contributed by atoms with Crippen LogP contribution in [0.1, 0.15) is 207 Å². The molecule has 0 amide bonds. The van der Waals surface area contributed by atoms with Crippen LogP contribution in [0.25, 0.3) is 46.4 Å². The molecule has 12 nitrogen and oxygen atoms in total. The van der Waals surface area contributed by atoms with Gasteiger partial charge in [-0.15, -0.1) is 0 Å². The summed E-state index contributed by atoms with van der Waals surface area (Å²) in [4.78, 5) is 75.4. The highest BCUT2D eigenvalue weighted by molar-refractivity contribution is 5.91. The zero-order valence-corrected chi connectivity index (χ0v) is 46.4. The predicted octanol–water partition coefficient (Wildman–Crippen LogP) is 13.0. The van der Waals surface area contributed by atoms with E-state index in [0.717, 1.165) is 44.3 Å². The Morgan fingerprint density at radius 2 is 0.583 bits per heavy atom. The van der Waals surface area contributed by atoms with Gasteiger partial charge in [0.25, 0.3) is 0 Å². The van der Waals surface area contributed by atoms with Crippen LogP contribution in [0, 0.1) is 45.3 Å². The molecule has 3 aromatic heterocycles. The van der Waals surface area contributed by atoms with Crippen LogP contribution in [0.2, 0.25) is 0 Å². The Morgan fingerprint density at radius 3 is 0.833 bits per heavy atom.